The lowest BCUT2D eigenvalue weighted by Gasteiger charge is -2.25. The Morgan fingerprint density at radius 1 is 0.894 bits per heavy atom. The van der Waals surface area contributed by atoms with Crippen molar-refractivity contribution in [3.63, 3.8) is 0 Å². The Morgan fingerprint density at radius 3 is 1.98 bits per heavy atom. The van der Waals surface area contributed by atoms with Crippen LogP contribution in [0.25, 0.3) is 11.1 Å². The van der Waals surface area contributed by atoms with Gasteiger partial charge in [-0.15, -0.1) is 0 Å². The average Bonchev–Trinajstić information content (AvgIpc) is 3.36. The first-order valence-electron chi connectivity index (χ1n) is 14.9. The topological polar surface area (TPSA) is 145 Å². The lowest BCUT2D eigenvalue weighted by atomic mass is 9.98. The molecule has 0 spiro atoms. The number of rotatable bonds is 10. The van der Waals surface area contributed by atoms with E-state index in [9.17, 15) is 28.1 Å². The zero-order valence-corrected chi connectivity index (χ0v) is 27.2. The Morgan fingerprint density at radius 2 is 1.45 bits per heavy atom. The highest BCUT2D eigenvalue weighted by Gasteiger charge is 2.34. The van der Waals surface area contributed by atoms with E-state index in [1.807, 2.05) is 69.3 Å². The second-order valence-electron chi connectivity index (χ2n) is 12.1. The average molecular weight is 658 g/mol. The van der Waals surface area contributed by atoms with Gasteiger partial charge in [0.05, 0.1) is 9.82 Å². The molecule has 0 saturated heterocycles. The molecule has 2 amide bonds. The van der Waals surface area contributed by atoms with Crippen molar-refractivity contribution in [2.45, 2.75) is 49.6 Å². The van der Waals surface area contributed by atoms with Crippen LogP contribution in [0.4, 0.5) is 10.5 Å². The molecule has 0 unspecified atom stereocenters. The number of nitro groups is 1. The van der Waals surface area contributed by atoms with E-state index in [-0.39, 0.29) is 29.5 Å². The molecular weight excluding hydrogens is 622 g/mol. The maximum Gasteiger partial charge on any atom is 0.407 e. The highest BCUT2D eigenvalue weighted by molar-refractivity contribution is 7.89. The third-order valence-electron chi connectivity index (χ3n) is 7.74. The number of carbonyl (C=O) groups excluding carboxylic acids is 2. The summed E-state index contributed by atoms with van der Waals surface area (Å²) in [5.41, 5.74) is 4.04. The summed E-state index contributed by atoms with van der Waals surface area (Å²) in [6, 6.07) is 25.5. The number of ether oxygens (including phenoxy) is 2. The van der Waals surface area contributed by atoms with Crippen LogP contribution < -0.4 is 10.1 Å². The molecule has 0 aromatic heterocycles. The molecule has 4 aromatic carbocycles. The van der Waals surface area contributed by atoms with Crippen LogP contribution in [0.1, 0.15) is 43.4 Å². The molecule has 4 aromatic rings. The van der Waals surface area contributed by atoms with Gasteiger partial charge in [-0.25, -0.2) is 17.5 Å². The molecular formula is C35H35N3O8S. The first kappa shape index (κ1) is 33.1. The molecule has 1 aliphatic carbocycles. The van der Waals surface area contributed by atoms with Crippen LogP contribution in [0.5, 0.6) is 5.75 Å². The molecule has 47 heavy (non-hydrogen) atoms. The van der Waals surface area contributed by atoms with Gasteiger partial charge >= 0.3 is 6.09 Å². The second kappa shape index (κ2) is 13.2. The smallest absolute Gasteiger partial charge is 0.407 e. The van der Waals surface area contributed by atoms with E-state index in [1.165, 1.54) is 0 Å². The van der Waals surface area contributed by atoms with E-state index < -0.39 is 38.6 Å². The number of amides is 2. The minimum atomic E-state index is -4.42. The van der Waals surface area contributed by atoms with Crippen LogP contribution in [-0.2, 0) is 26.0 Å². The van der Waals surface area contributed by atoms with Crippen molar-refractivity contribution in [2.75, 3.05) is 13.7 Å². The number of alkyl carbamates (subject to hydrolysis) is 1. The number of non-ortho nitro benzene ring substituents is 1. The van der Waals surface area contributed by atoms with Crippen LogP contribution in [0.2, 0.25) is 0 Å². The molecule has 5 rings (SSSR count). The van der Waals surface area contributed by atoms with E-state index in [4.69, 9.17) is 9.47 Å². The van der Waals surface area contributed by atoms with Crippen molar-refractivity contribution in [1.82, 2.24) is 9.62 Å². The van der Waals surface area contributed by atoms with Gasteiger partial charge in [0, 0.05) is 31.5 Å². The molecule has 11 nitrogen and oxygen atoms in total. The minimum Gasteiger partial charge on any atom is -0.488 e. The number of nitrogens with one attached hydrogen (secondary N) is 1. The SMILES string of the molecule is CN(C(=O)[C@H](Cc1ccc(OC(C)(C)C)cc1)NC(=O)OCC1c2ccccc2-c2ccccc21)S(=O)(=O)c1ccc([N+](=O)[O-])cc1. The van der Waals surface area contributed by atoms with Gasteiger partial charge in [-0.2, -0.15) is 0 Å². The van der Waals surface area contributed by atoms with Crippen molar-refractivity contribution >= 4 is 27.7 Å². The Labute approximate surface area is 273 Å². The second-order valence-corrected chi connectivity index (χ2v) is 14.1. The Hall–Kier alpha value is -5.23. The van der Waals surface area contributed by atoms with E-state index in [0.29, 0.717) is 15.6 Å². The summed E-state index contributed by atoms with van der Waals surface area (Å²) < 4.78 is 38.8. The van der Waals surface area contributed by atoms with Gasteiger partial charge in [-0.3, -0.25) is 14.9 Å². The number of likely N-dealkylation sites (N-methyl/N-ethyl adjacent to an activating group) is 1. The van der Waals surface area contributed by atoms with Crippen molar-refractivity contribution in [2.24, 2.45) is 0 Å². The number of fused-ring (bicyclic) bond motifs is 3. The molecule has 0 heterocycles. The Kier molecular flexibility index (Phi) is 9.34. The fourth-order valence-corrected chi connectivity index (χ4v) is 6.66. The predicted octanol–water partition coefficient (Wildman–Crippen LogP) is 6.07. The maximum absolute atomic E-state index is 13.8. The Bertz CT molecular complexity index is 1860. The number of carbonyl (C=O) groups is 2. The molecule has 1 aliphatic rings. The number of nitrogens with zero attached hydrogens (tertiary/aromatic N) is 2. The van der Waals surface area contributed by atoms with Gasteiger partial charge in [0.15, 0.2) is 0 Å². The summed E-state index contributed by atoms with van der Waals surface area (Å²) in [5.74, 6) is -0.541. The predicted molar refractivity (Wildman–Crippen MR) is 176 cm³/mol. The summed E-state index contributed by atoms with van der Waals surface area (Å²) in [6.45, 7) is 5.73. The summed E-state index contributed by atoms with van der Waals surface area (Å²) >= 11 is 0. The van der Waals surface area contributed by atoms with E-state index in [0.717, 1.165) is 53.6 Å². The largest absolute Gasteiger partial charge is 0.488 e. The number of benzene rings is 4. The van der Waals surface area contributed by atoms with Crippen LogP contribution in [-0.4, -0.2) is 54.9 Å². The van der Waals surface area contributed by atoms with E-state index in [2.05, 4.69) is 5.32 Å². The molecule has 12 heteroatoms. The van der Waals surface area contributed by atoms with Gasteiger partial charge in [-0.05, 0) is 72.9 Å². The minimum absolute atomic E-state index is 0.00343. The summed E-state index contributed by atoms with van der Waals surface area (Å²) in [6.07, 6.45) is -0.946. The quantitative estimate of drug-likeness (QED) is 0.160. The summed E-state index contributed by atoms with van der Waals surface area (Å²) in [4.78, 5) is 37.1. The number of sulfonamides is 1. The van der Waals surface area contributed by atoms with Crippen LogP contribution in [0.15, 0.2) is 102 Å². The first-order chi connectivity index (χ1) is 22.2. The van der Waals surface area contributed by atoms with Crippen molar-refractivity contribution in [1.29, 1.82) is 0 Å². The fraction of sp³-hybridized carbons (Fsp3) is 0.257. The van der Waals surface area contributed by atoms with E-state index >= 15 is 0 Å². The molecule has 0 saturated carbocycles. The third-order valence-corrected chi connectivity index (χ3v) is 9.51. The molecule has 244 valence electrons. The molecule has 0 bridgehead atoms. The maximum atomic E-state index is 13.8. The summed E-state index contributed by atoms with van der Waals surface area (Å²) in [5, 5.41) is 13.6. The lowest BCUT2D eigenvalue weighted by molar-refractivity contribution is -0.384. The van der Waals surface area contributed by atoms with Gasteiger partial charge in [-0.1, -0.05) is 60.7 Å². The van der Waals surface area contributed by atoms with Crippen molar-refractivity contribution in [3.8, 4) is 16.9 Å². The normalized spacial score (nSPS) is 13.2. The zero-order chi connectivity index (χ0) is 33.9. The van der Waals surface area contributed by atoms with Crippen LogP contribution in [0, 0.1) is 10.1 Å². The molecule has 1 N–H and O–H groups in total. The van der Waals surface area contributed by atoms with Crippen LogP contribution >= 0.6 is 0 Å². The molecule has 0 fully saturated rings. The van der Waals surface area contributed by atoms with Crippen LogP contribution in [0.3, 0.4) is 0 Å². The molecule has 0 aliphatic heterocycles. The lowest BCUT2D eigenvalue weighted by Crippen LogP contribution is -2.50. The van der Waals surface area contributed by atoms with Gasteiger partial charge in [0.25, 0.3) is 21.6 Å². The standard InChI is InChI=1S/C35H35N3O8S/c1-35(2,3)46-25-17-13-23(14-18-25)21-32(33(39)37(4)47(43,44)26-19-15-24(16-20-26)38(41)42)36-34(40)45-22-31-29-11-7-5-9-27(29)28-10-6-8-12-30(28)31/h5-20,31-32H,21-22H2,1-4H3,(H,36,40)/t32-/m0/s1. The summed E-state index contributed by atoms with van der Waals surface area (Å²) in [7, 11) is -3.35. The van der Waals surface area contributed by atoms with Gasteiger partial charge in [0.1, 0.15) is 24.0 Å². The van der Waals surface area contributed by atoms with E-state index in [1.54, 1.807) is 24.3 Å². The number of nitro benzene ring substituents is 1. The number of hydrogen-bond acceptors (Lipinski definition) is 8. The monoisotopic (exact) mass is 657 g/mol. The van der Waals surface area contributed by atoms with Crippen molar-refractivity contribution in [3.05, 3.63) is 124 Å². The first-order valence-corrected chi connectivity index (χ1v) is 16.4. The molecule has 0 radical (unpaired) electrons. The highest BCUT2D eigenvalue weighted by atomic mass is 32.2. The Balaban J connectivity index is 1.36. The van der Waals surface area contributed by atoms with Gasteiger partial charge < -0.3 is 14.8 Å². The number of hydrogen-bond donors (Lipinski definition) is 1. The van der Waals surface area contributed by atoms with Gasteiger partial charge in [0.2, 0.25) is 0 Å². The molecule has 1 atom stereocenters. The van der Waals surface area contributed by atoms with Crippen molar-refractivity contribution < 1.29 is 32.4 Å². The zero-order valence-electron chi connectivity index (χ0n) is 26.4. The highest BCUT2D eigenvalue weighted by Crippen LogP contribution is 2.44. The third kappa shape index (κ3) is 7.44. The fourth-order valence-electron chi connectivity index (χ4n) is 5.50.